The minimum atomic E-state index is 0.929. The van der Waals surface area contributed by atoms with Crippen LogP contribution in [-0.2, 0) is 12.8 Å². The van der Waals surface area contributed by atoms with Gasteiger partial charge in [-0.2, -0.15) is 0 Å². The summed E-state index contributed by atoms with van der Waals surface area (Å²) in [6.07, 6.45) is 4.07. The van der Waals surface area contributed by atoms with Gasteiger partial charge in [0.2, 0.25) is 0 Å². The summed E-state index contributed by atoms with van der Waals surface area (Å²) < 4.78 is 5.25. The summed E-state index contributed by atoms with van der Waals surface area (Å²) in [6.45, 7) is 0. The molecule has 0 unspecified atom stereocenters. The Morgan fingerprint density at radius 1 is 0.947 bits per heavy atom. The van der Waals surface area contributed by atoms with Crippen LogP contribution in [0.3, 0.4) is 0 Å². The van der Waals surface area contributed by atoms with Gasteiger partial charge in [-0.1, -0.05) is 18.2 Å². The lowest BCUT2D eigenvalue weighted by molar-refractivity contribution is 0.414. The lowest BCUT2D eigenvalue weighted by Crippen LogP contribution is -1.92. The predicted molar refractivity (Wildman–Crippen MR) is 78.7 cm³/mol. The zero-order chi connectivity index (χ0) is 13.1. The Bertz CT molecular complexity index is 684. The number of hydrogen-bond donors (Lipinski definition) is 1. The van der Waals surface area contributed by atoms with Gasteiger partial charge in [0.1, 0.15) is 5.75 Å². The SMILES string of the molecule is COc1cccc(CCc2ccc3[nH]ccc3c2)c1. The summed E-state index contributed by atoms with van der Waals surface area (Å²) in [7, 11) is 1.71. The van der Waals surface area contributed by atoms with Crippen molar-refractivity contribution in [1.82, 2.24) is 4.98 Å². The molecule has 3 aromatic rings. The molecule has 96 valence electrons. The molecular formula is C17H17NO. The molecule has 0 aliphatic rings. The number of H-pyrrole nitrogens is 1. The molecule has 2 nitrogen and oxygen atoms in total. The van der Waals surface area contributed by atoms with Gasteiger partial charge >= 0.3 is 0 Å². The third kappa shape index (κ3) is 2.63. The number of fused-ring (bicyclic) bond motifs is 1. The van der Waals surface area contributed by atoms with Gasteiger partial charge in [0.15, 0.2) is 0 Å². The lowest BCUT2D eigenvalue weighted by Gasteiger charge is -2.05. The largest absolute Gasteiger partial charge is 0.497 e. The first-order valence-electron chi connectivity index (χ1n) is 6.54. The van der Waals surface area contributed by atoms with Gasteiger partial charge in [-0.05, 0) is 59.7 Å². The quantitative estimate of drug-likeness (QED) is 0.746. The number of aromatic amines is 1. The van der Waals surface area contributed by atoms with Crippen molar-refractivity contribution >= 4 is 10.9 Å². The Hall–Kier alpha value is -2.22. The highest BCUT2D eigenvalue weighted by Gasteiger charge is 2.00. The first kappa shape index (κ1) is 11.8. The number of nitrogens with one attached hydrogen (secondary N) is 1. The number of aryl methyl sites for hydroxylation is 2. The topological polar surface area (TPSA) is 25.0 Å². The third-order valence-corrected chi connectivity index (χ3v) is 3.45. The van der Waals surface area contributed by atoms with E-state index in [4.69, 9.17) is 4.74 Å². The maximum atomic E-state index is 5.25. The molecule has 0 saturated heterocycles. The summed E-state index contributed by atoms with van der Waals surface area (Å²) in [6, 6.07) is 17.0. The lowest BCUT2D eigenvalue weighted by atomic mass is 10.0. The van der Waals surface area contributed by atoms with Gasteiger partial charge in [-0.3, -0.25) is 0 Å². The Morgan fingerprint density at radius 3 is 2.63 bits per heavy atom. The molecule has 1 heterocycles. The normalized spacial score (nSPS) is 10.8. The van der Waals surface area contributed by atoms with Crippen LogP contribution >= 0.6 is 0 Å². The average Bonchev–Trinajstić information content (AvgIpc) is 2.93. The number of aromatic nitrogens is 1. The summed E-state index contributed by atoms with van der Waals surface area (Å²) in [5.74, 6) is 0.929. The molecule has 0 saturated carbocycles. The van der Waals surface area contributed by atoms with Gasteiger partial charge in [0.05, 0.1) is 7.11 Å². The second kappa shape index (κ2) is 5.19. The number of hydrogen-bond acceptors (Lipinski definition) is 1. The molecule has 1 N–H and O–H groups in total. The molecule has 0 aliphatic heterocycles. The zero-order valence-corrected chi connectivity index (χ0v) is 11.0. The first-order chi connectivity index (χ1) is 9.35. The Labute approximate surface area is 113 Å². The molecule has 2 aromatic carbocycles. The van der Waals surface area contributed by atoms with Crippen LogP contribution in [0.4, 0.5) is 0 Å². The van der Waals surface area contributed by atoms with E-state index in [2.05, 4.69) is 41.4 Å². The maximum Gasteiger partial charge on any atom is 0.119 e. The molecule has 0 amide bonds. The van der Waals surface area contributed by atoms with Crippen molar-refractivity contribution < 1.29 is 4.74 Å². The van der Waals surface area contributed by atoms with E-state index in [1.54, 1.807) is 7.11 Å². The van der Waals surface area contributed by atoms with E-state index in [0.29, 0.717) is 0 Å². The summed E-state index contributed by atoms with van der Waals surface area (Å²) >= 11 is 0. The molecule has 0 bridgehead atoms. The Morgan fingerprint density at radius 2 is 1.79 bits per heavy atom. The van der Waals surface area contributed by atoms with Crippen molar-refractivity contribution in [2.24, 2.45) is 0 Å². The van der Waals surface area contributed by atoms with Crippen LogP contribution in [0.1, 0.15) is 11.1 Å². The fraction of sp³-hybridized carbons (Fsp3) is 0.176. The molecule has 0 aliphatic carbocycles. The van der Waals surface area contributed by atoms with Crippen LogP contribution in [0.25, 0.3) is 10.9 Å². The summed E-state index contributed by atoms with van der Waals surface area (Å²) in [5.41, 5.74) is 3.88. The molecular weight excluding hydrogens is 234 g/mol. The molecule has 3 rings (SSSR count). The number of methoxy groups -OCH3 is 1. The minimum Gasteiger partial charge on any atom is -0.497 e. The molecule has 1 aromatic heterocycles. The highest BCUT2D eigenvalue weighted by atomic mass is 16.5. The second-order valence-corrected chi connectivity index (χ2v) is 4.75. The van der Waals surface area contributed by atoms with E-state index in [-0.39, 0.29) is 0 Å². The number of ether oxygens (including phenoxy) is 1. The van der Waals surface area contributed by atoms with Crippen LogP contribution in [0.15, 0.2) is 54.7 Å². The number of benzene rings is 2. The van der Waals surface area contributed by atoms with Gasteiger partial charge in [0, 0.05) is 11.7 Å². The first-order valence-corrected chi connectivity index (χ1v) is 6.54. The maximum absolute atomic E-state index is 5.25. The molecule has 19 heavy (non-hydrogen) atoms. The van der Waals surface area contributed by atoms with Gasteiger partial charge in [-0.15, -0.1) is 0 Å². The van der Waals surface area contributed by atoms with Gasteiger partial charge in [0.25, 0.3) is 0 Å². The van der Waals surface area contributed by atoms with Crippen molar-refractivity contribution in [3.05, 3.63) is 65.9 Å². The Balaban J connectivity index is 1.74. The summed E-state index contributed by atoms with van der Waals surface area (Å²) in [4.78, 5) is 3.22. The Kier molecular flexibility index (Phi) is 3.23. The minimum absolute atomic E-state index is 0.929. The molecule has 2 heteroatoms. The van der Waals surface area contributed by atoms with Crippen molar-refractivity contribution in [3.63, 3.8) is 0 Å². The average molecular weight is 251 g/mol. The summed E-state index contributed by atoms with van der Waals surface area (Å²) in [5, 5.41) is 1.28. The van der Waals surface area contributed by atoms with Crippen LogP contribution in [-0.4, -0.2) is 12.1 Å². The predicted octanol–water partition coefficient (Wildman–Crippen LogP) is 3.96. The molecule has 0 spiro atoms. The van der Waals surface area contributed by atoms with Crippen LogP contribution in [0, 0.1) is 0 Å². The standard InChI is InChI=1S/C17H17NO/c1-19-16-4-2-3-13(12-16)5-6-14-7-8-17-15(11-14)9-10-18-17/h2-4,7-12,18H,5-6H2,1H3. The third-order valence-electron chi connectivity index (χ3n) is 3.45. The molecule has 0 fully saturated rings. The smallest absolute Gasteiger partial charge is 0.119 e. The van der Waals surface area contributed by atoms with E-state index in [0.717, 1.165) is 18.6 Å². The van der Waals surface area contributed by atoms with E-state index < -0.39 is 0 Å². The highest BCUT2D eigenvalue weighted by molar-refractivity contribution is 5.79. The second-order valence-electron chi connectivity index (χ2n) is 4.75. The highest BCUT2D eigenvalue weighted by Crippen LogP contribution is 2.18. The van der Waals surface area contributed by atoms with Crippen LogP contribution in [0.5, 0.6) is 5.75 Å². The van der Waals surface area contributed by atoms with Crippen molar-refractivity contribution in [3.8, 4) is 5.75 Å². The van der Waals surface area contributed by atoms with Crippen LogP contribution in [0.2, 0.25) is 0 Å². The zero-order valence-electron chi connectivity index (χ0n) is 11.0. The number of rotatable bonds is 4. The van der Waals surface area contributed by atoms with Crippen molar-refractivity contribution in [1.29, 1.82) is 0 Å². The van der Waals surface area contributed by atoms with E-state index in [9.17, 15) is 0 Å². The van der Waals surface area contributed by atoms with Crippen molar-refractivity contribution in [2.75, 3.05) is 7.11 Å². The monoisotopic (exact) mass is 251 g/mol. The van der Waals surface area contributed by atoms with E-state index >= 15 is 0 Å². The van der Waals surface area contributed by atoms with Gasteiger partial charge < -0.3 is 9.72 Å². The van der Waals surface area contributed by atoms with Crippen LogP contribution < -0.4 is 4.74 Å². The molecule has 0 radical (unpaired) electrons. The van der Waals surface area contributed by atoms with E-state index in [1.165, 1.54) is 22.0 Å². The van der Waals surface area contributed by atoms with Gasteiger partial charge in [-0.25, -0.2) is 0 Å². The molecule has 0 atom stereocenters. The fourth-order valence-corrected chi connectivity index (χ4v) is 2.37. The van der Waals surface area contributed by atoms with Crippen molar-refractivity contribution in [2.45, 2.75) is 12.8 Å². The fourth-order valence-electron chi connectivity index (χ4n) is 2.37. The van der Waals surface area contributed by atoms with E-state index in [1.807, 2.05) is 18.3 Å².